The number of allylic oxidation sites excluding steroid dienone is 1. The van der Waals surface area contributed by atoms with Crippen LogP contribution in [0.25, 0.3) is 10.2 Å². The molecule has 1 aliphatic heterocycles. The van der Waals surface area contributed by atoms with E-state index in [-0.39, 0.29) is 18.1 Å². The number of Topliss-reactive ketones (excluding diaryl/α,β-unsaturated/α-hetero) is 1. The molecule has 2 heterocycles. The van der Waals surface area contributed by atoms with E-state index in [1.807, 2.05) is 32.0 Å². The molecule has 0 saturated carbocycles. The van der Waals surface area contributed by atoms with Crippen molar-refractivity contribution in [2.75, 3.05) is 0 Å². The van der Waals surface area contributed by atoms with Gasteiger partial charge in [-0.25, -0.2) is 4.98 Å². The number of carbonyl (C=O) groups is 2. The zero-order valence-corrected chi connectivity index (χ0v) is 24.6. The van der Waals surface area contributed by atoms with Gasteiger partial charge in [-0.15, -0.1) is 11.3 Å². The molecule has 1 aromatic carbocycles. The van der Waals surface area contributed by atoms with Crippen LogP contribution >= 0.6 is 11.3 Å². The second-order valence-corrected chi connectivity index (χ2v) is 12.9. The van der Waals surface area contributed by atoms with E-state index in [2.05, 4.69) is 24.9 Å². The molecule has 6 nitrogen and oxygen atoms in total. The highest BCUT2D eigenvalue weighted by Gasteiger charge is 2.43. The number of hydrogen-bond acceptors (Lipinski definition) is 7. The smallest absolute Gasteiger partial charge is 0.309 e. The van der Waals surface area contributed by atoms with Crippen LogP contribution in [0.5, 0.6) is 0 Å². The molecule has 210 valence electrons. The third-order valence-electron chi connectivity index (χ3n) is 8.10. The summed E-state index contributed by atoms with van der Waals surface area (Å²) in [5.74, 6) is -1.35. The van der Waals surface area contributed by atoms with Crippen molar-refractivity contribution in [3.05, 3.63) is 40.4 Å². The van der Waals surface area contributed by atoms with Crippen LogP contribution in [-0.4, -0.2) is 39.2 Å². The molecule has 1 aliphatic rings. The molecule has 0 amide bonds. The minimum Gasteiger partial charge on any atom is -0.457 e. The molecular formula is C31H45NO5S. The van der Waals surface area contributed by atoms with Gasteiger partial charge in [-0.1, -0.05) is 58.3 Å². The molecule has 0 spiro atoms. The number of aromatic nitrogens is 1. The van der Waals surface area contributed by atoms with Crippen molar-refractivity contribution in [2.24, 2.45) is 17.3 Å². The summed E-state index contributed by atoms with van der Waals surface area (Å²) < 4.78 is 7.03. The Morgan fingerprint density at radius 3 is 2.63 bits per heavy atom. The first-order valence-corrected chi connectivity index (χ1v) is 14.9. The first-order chi connectivity index (χ1) is 17.9. The molecule has 0 bridgehead atoms. The predicted molar refractivity (Wildman–Crippen MR) is 153 cm³/mol. The van der Waals surface area contributed by atoms with E-state index in [1.54, 1.807) is 25.2 Å². The van der Waals surface area contributed by atoms with Crippen molar-refractivity contribution in [1.82, 2.24) is 4.98 Å². The number of unbranched alkanes of at least 4 members (excludes halogenated alkanes) is 1. The van der Waals surface area contributed by atoms with Crippen molar-refractivity contribution >= 4 is 33.3 Å². The summed E-state index contributed by atoms with van der Waals surface area (Å²) in [6, 6.07) is 5.97. The highest BCUT2D eigenvalue weighted by molar-refractivity contribution is 7.18. The monoisotopic (exact) mass is 543 g/mol. The number of rotatable bonds is 4. The van der Waals surface area contributed by atoms with Crippen LogP contribution in [0.1, 0.15) is 103 Å². The lowest BCUT2D eigenvalue weighted by Gasteiger charge is -2.36. The lowest BCUT2D eigenvalue weighted by molar-refractivity contribution is -0.156. The number of benzene rings is 1. The highest BCUT2D eigenvalue weighted by atomic mass is 32.1. The van der Waals surface area contributed by atoms with Crippen molar-refractivity contribution in [3.8, 4) is 0 Å². The fourth-order valence-electron chi connectivity index (χ4n) is 5.34. The number of thiazole rings is 1. The van der Waals surface area contributed by atoms with Gasteiger partial charge in [0.05, 0.1) is 39.3 Å². The molecule has 5 atom stereocenters. The maximum Gasteiger partial charge on any atom is 0.309 e. The second-order valence-electron chi connectivity index (χ2n) is 11.6. The Morgan fingerprint density at radius 2 is 1.92 bits per heavy atom. The number of cyclic esters (lactones) is 1. The van der Waals surface area contributed by atoms with E-state index >= 15 is 0 Å². The number of aliphatic hydroxyl groups is 2. The minimum atomic E-state index is -1.22. The van der Waals surface area contributed by atoms with Crippen molar-refractivity contribution in [2.45, 2.75) is 111 Å². The number of esters is 1. The average Bonchev–Trinajstić information content (AvgIpc) is 3.24. The molecule has 38 heavy (non-hydrogen) atoms. The SMILES string of the molecule is CCCC[C@H]1C(=O)C(C)(C)[C@@H](O)CC(=O)O[C@H](c2ccc3sc(C)nc3c2)C/C=C(\C)CCC[C@H](C)[C@@H]1O. The standard InChI is InChI=1S/C31H45NO5S/c1-7-8-12-23-29(35)20(3)11-9-10-19(2)13-15-25(22-14-16-26-24(17-22)32-21(4)38-26)37-28(34)18-27(33)31(5,6)30(23)36/h13-14,16-17,20,23,25,27,29,33,35H,7-12,15,18H2,1-6H3/b19-13+/t20-,23+,25-,27-,29-/m0/s1. The molecular weight excluding hydrogens is 498 g/mol. The summed E-state index contributed by atoms with van der Waals surface area (Å²) in [7, 11) is 0. The first kappa shape index (κ1) is 30.5. The minimum absolute atomic E-state index is 0.0412. The molecule has 7 heteroatoms. The second kappa shape index (κ2) is 13.3. The van der Waals surface area contributed by atoms with Crippen LogP contribution in [0.3, 0.4) is 0 Å². The van der Waals surface area contributed by atoms with Crippen molar-refractivity contribution in [3.63, 3.8) is 0 Å². The third-order valence-corrected chi connectivity index (χ3v) is 9.06. The van der Waals surface area contributed by atoms with Crippen molar-refractivity contribution < 1.29 is 24.5 Å². The van der Waals surface area contributed by atoms with Crippen LogP contribution < -0.4 is 0 Å². The van der Waals surface area contributed by atoms with Crippen LogP contribution in [0.4, 0.5) is 0 Å². The van der Waals surface area contributed by atoms with Gasteiger partial charge in [-0.3, -0.25) is 9.59 Å². The molecule has 2 N–H and O–H groups in total. The Bertz CT molecular complexity index is 1140. The molecule has 0 fully saturated rings. The maximum absolute atomic E-state index is 13.7. The molecule has 2 aromatic rings. The van der Waals surface area contributed by atoms with E-state index < -0.39 is 35.6 Å². The molecule has 0 aliphatic carbocycles. The number of aryl methyl sites for hydroxylation is 1. The number of nitrogens with zero attached hydrogens (tertiary/aromatic N) is 1. The summed E-state index contributed by atoms with van der Waals surface area (Å²) in [4.78, 5) is 31.4. The van der Waals surface area contributed by atoms with Crippen LogP contribution in [0.2, 0.25) is 0 Å². The highest BCUT2D eigenvalue weighted by Crippen LogP contribution is 2.36. The predicted octanol–water partition coefficient (Wildman–Crippen LogP) is 6.86. The summed E-state index contributed by atoms with van der Waals surface area (Å²) in [6.45, 7) is 11.5. The van der Waals surface area contributed by atoms with E-state index in [1.165, 1.54) is 5.57 Å². The number of aliphatic hydroxyl groups excluding tert-OH is 2. The molecule has 1 aromatic heterocycles. The topological polar surface area (TPSA) is 96.7 Å². The fourth-order valence-corrected chi connectivity index (χ4v) is 6.14. The summed E-state index contributed by atoms with van der Waals surface area (Å²) >= 11 is 1.63. The number of ether oxygens (including phenoxy) is 1. The fraction of sp³-hybridized carbons (Fsp3) is 0.645. The van der Waals surface area contributed by atoms with Gasteiger partial charge in [-0.2, -0.15) is 0 Å². The molecule has 0 saturated heterocycles. The number of fused-ring (bicyclic) bond motifs is 1. The van der Waals surface area contributed by atoms with Gasteiger partial charge < -0.3 is 14.9 Å². The summed E-state index contributed by atoms with van der Waals surface area (Å²) in [6.07, 6.45) is 4.72. The van der Waals surface area contributed by atoms with E-state index in [0.717, 1.165) is 52.9 Å². The van der Waals surface area contributed by atoms with E-state index in [9.17, 15) is 19.8 Å². The maximum atomic E-state index is 13.7. The van der Waals surface area contributed by atoms with Gasteiger partial charge in [-0.05, 0) is 63.1 Å². The lowest BCUT2D eigenvalue weighted by atomic mass is 9.71. The normalized spacial score (nSPS) is 29.6. The van der Waals surface area contributed by atoms with Crippen molar-refractivity contribution in [1.29, 1.82) is 0 Å². The Kier molecular flexibility index (Phi) is 10.7. The van der Waals surface area contributed by atoms with Gasteiger partial charge in [0.15, 0.2) is 0 Å². The van der Waals surface area contributed by atoms with Crippen LogP contribution in [-0.2, 0) is 14.3 Å². The Labute approximate surface area is 231 Å². The van der Waals surface area contributed by atoms with Gasteiger partial charge in [0, 0.05) is 12.3 Å². The number of hydrogen-bond donors (Lipinski definition) is 2. The van der Waals surface area contributed by atoms with E-state index in [0.29, 0.717) is 12.8 Å². The van der Waals surface area contributed by atoms with Gasteiger partial charge in [0.1, 0.15) is 11.9 Å². The molecule has 3 rings (SSSR count). The Morgan fingerprint density at radius 1 is 1.18 bits per heavy atom. The number of ketones is 1. The summed E-state index contributed by atoms with van der Waals surface area (Å²) in [5, 5.41) is 23.3. The zero-order valence-electron chi connectivity index (χ0n) is 23.8. The van der Waals surface area contributed by atoms with Crippen LogP contribution in [0, 0.1) is 24.2 Å². The Balaban J connectivity index is 1.92. The van der Waals surface area contributed by atoms with Gasteiger partial charge in [0.25, 0.3) is 0 Å². The summed E-state index contributed by atoms with van der Waals surface area (Å²) in [5.41, 5.74) is 1.75. The quantitative estimate of drug-likeness (QED) is 0.323. The average molecular weight is 544 g/mol. The third kappa shape index (κ3) is 7.51. The van der Waals surface area contributed by atoms with E-state index in [4.69, 9.17) is 4.74 Å². The lowest BCUT2D eigenvalue weighted by Crippen LogP contribution is -2.46. The largest absolute Gasteiger partial charge is 0.457 e. The van der Waals surface area contributed by atoms with Crippen LogP contribution in [0.15, 0.2) is 29.8 Å². The molecule has 0 radical (unpaired) electrons. The number of carbonyl (C=O) groups excluding carboxylic acids is 2. The van der Waals surface area contributed by atoms with Gasteiger partial charge >= 0.3 is 5.97 Å². The molecule has 0 unspecified atom stereocenters. The Hall–Kier alpha value is -2.09. The first-order valence-electron chi connectivity index (χ1n) is 14.1. The zero-order chi connectivity index (χ0) is 28.0. The van der Waals surface area contributed by atoms with Gasteiger partial charge in [0.2, 0.25) is 0 Å².